The van der Waals surface area contributed by atoms with E-state index in [2.05, 4.69) is 52.8 Å². The number of carboxylic acid groups (broad SMARTS) is 2. The molecule has 0 aromatic carbocycles. The zero-order chi connectivity index (χ0) is 38.6. The average molecular weight is 753 g/mol. The summed E-state index contributed by atoms with van der Waals surface area (Å²) in [5.74, 6) is -0.137. The van der Waals surface area contributed by atoms with Gasteiger partial charge in [0.05, 0.1) is 18.1 Å². The number of carboxylic acids is 2. The first-order chi connectivity index (χ1) is 25.4. The molecule has 18 atom stereocenters. The summed E-state index contributed by atoms with van der Waals surface area (Å²) in [4.78, 5) is 26.0. The molecule has 6 saturated carbocycles. The number of fused-ring (bicyclic) bond motifs is 3. The van der Waals surface area contributed by atoms with Gasteiger partial charge < -0.3 is 39.7 Å². The Morgan fingerprint density at radius 3 is 2.41 bits per heavy atom. The smallest absolute Gasteiger partial charge is 0.335 e. The highest BCUT2D eigenvalue weighted by Crippen LogP contribution is 2.84. The number of aliphatic hydroxyl groups excluding tert-OH is 3. The van der Waals surface area contributed by atoms with Crippen LogP contribution < -0.4 is 0 Å². The first kappa shape index (κ1) is 37.7. The van der Waals surface area contributed by atoms with Gasteiger partial charge in [-0.05, 0) is 121 Å². The molecule has 300 valence electrons. The molecule has 9 rings (SSSR count). The minimum atomic E-state index is -1.76. The molecule has 10 nitrogen and oxygen atoms in total. The summed E-state index contributed by atoms with van der Waals surface area (Å²) in [5.41, 5.74) is -0.474. The van der Waals surface area contributed by atoms with Crippen LogP contribution in [0.2, 0.25) is 0 Å². The Hall–Kier alpha value is -1.82. The molecular formula is C44H64O10. The molecule has 0 unspecified atom stereocenters. The maximum absolute atomic E-state index is 14.0. The third kappa shape index (κ3) is 4.39. The highest BCUT2D eigenvalue weighted by Gasteiger charge is 2.79. The Morgan fingerprint density at radius 1 is 0.944 bits per heavy atom. The lowest BCUT2D eigenvalue weighted by molar-refractivity contribution is -0.341. The summed E-state index contributed by atoms with van der Waals surface area (Å²) in [6, 6.07) is 0. The van der Waals surface area contributed by atoms with Crippen molar-refractivity contribution in [1.82, 2.24) is 0 Å². The van der Waals surface area contributed by atoms with Crippen molar-refractivity contribution in [2.24, 2.45) is 73.4 Å². The third-order valence-electron chi connectivity index (χ3n) is 19.1. The molecule has 0 radical (unpaired) electrons. The van der Waals surface area contributed by atoms with Crippen LogP contribution in [0.4, 0.5) is 0 Å². The number of hydrogen-bond donors (Lipinski definition) is 5. The molecule has 9 aliphatic rings. The van der Waals surface area contributed by atoms with Crippen molar-refractivity contribution in [2.75, 3.05) is 13.7 Å². The molecule has 1 aliphatic heterocycles. The molecule has 54 heavy (non-hydrogen) atoms. The lowest BCUT2D eigenvalue weighted by atomic mass is 9.25. The van der Waals surface area contributed by atoms with Gasteiger partial charge in [-0.15, -0.1) is 0 Å². The fraction of sp³-hybridized carbons (Fsp3) is 0.864. The van der Waals surface area contributed by atoms with Crippen LogP contribution in [0.5, 0.6) is 0 Å². The second kappa shape index (κ2) is 11.9. The Morgan fingerprint density at radius 2 is 1.70 bits per heavy atom. The average Bonchev–Trinajstić information content (AvgIpc) is 3.08. The highest BCUT2D eigenvalue weighted by atomic mass is 16.7. The van der Waals surface area contributed by atoms with E-state index in [0.29, 0.717) is 42.6 Å². The van der Waals surface area contributed by atoms with Crippen molar-refractivity contribution in [3.8, 4) is 0 Å². The summed E-state index contributed by atoms with van der Waals surface area (Å²) >= 11 is 0. The number of aliphatic hydroxyl groups is 3. The second-order valence-electron chi connectivity index (χ2n) is 21.3. The fourth-order valence-corrected chi connectivity index (χ4v) is 17.1. The lowest BCUT2D eigenvalue weighted by Gasteiger charge is -2.79. The van der Waals surface area contributed by atoms with Gasteiger partial charge >= 0.3 is 11.9 Å². The van der Waals surface area contributed by atoms with Crippen LogP contribution in [0.25, 0.3) is 0 Å². The third-order valence-corrected chi connectivity index (χ3v) is 19.1. The van der Waals surface area contributed by atoms with Gasteiger partial charge in [0, 0.05) is 18.4 Å². The van der Waals surface area contributed by atoms with Crippen molar-refractivity contribution >= 4 is 11.9 Å². The zero-order valence-corrected chi connectivity index (χ0v) is 33.1. The van der Waals surface area contributed by atoms with E-state index >= 15 is 0 Å². The van der Waals surface area contributed by atoms with E-state index in [4.69, 9.17) is 14.2 Å². The molecule has 0 aromatic rings. The topological polar surface area (TPSA) is 163 Å². The first-order valence-corrected chi connectivity index (χ1v) is 21.1. The Labute approximate surface area is 320 Å². The van der Waals surface area contributed by atoms with Crippen LogP contribution >= 0.6 is 0 Å². The van der Waals surface area contributed by atoms with Gasteiger partial charge in [-0.3, -0.25) is 4.79 Å². The SMILES string of the molecule is COC[C@@H]1C[C@]2(C)CC=C[C@]3(C2)C2=C[C@H]4C[C@H]5CCC[C@@]67[C@@H]5C[C@H](O[C@@H]5O[C@H](C(=O)O)[C@@H](O)[C@H](O)[C@H]5O)C(C)(C)[C@@H]6CC[C@](C)([C@H]47)[C@]2(C)CC[C@@]13C(=O)O. The highest BCUT2D eigenvalue weighted by molar-refractivity contribution is 5.79. The molecule has 2 spiro atoms. The quantitative estimate of drug-likeness (QED) is 0.162. The van der Waals surface area contributed by atoms with E-state index in [-0.39, 0.29) is 39.1 Å². The monoisotopic (exact) mass is 752 g/mol. The normalized spacial score (nSPS) is 56.4. The van der Waals surface area contributed by atoms with Gasteiger partial charge in [0.2, 0.25) is 0 Å². The van der Waals surface area contributed by atoms with Crippen LogP contribution in [0.3, 0.4) is 0 Å². The molecule has 10 heteroatoms. The molecule has 1 saturated heterocycles. The molecule has 4 bridgehead atoms. The van der Waals surface area contributed by atoms with Gasteiger partial charge in [-0.1, -0.05) is 71.3 Å². The zero-order valence-electron chi connectivity index (χ0n) is 33.1. The molecular weight excluding hydrogens is 688 g/mol. The van der Waals surface area contributed by atoms with E-state index < -0.39 is 53.5 Å². The molecule has 1 heterocycles. The number of ether oxygens (including phenoxy) is 3. The second-order valence-corrected chi connectivity index (χ2v) is 21.3. The maximum Gasteiger partial charge on any atom is 0.335 e. The van der Waals surface area contributed by atoms with E-state index in [9.17, 15) is 35.1 Å². The fourth-order valence-electron chi connectivity index (χ4n) is 17.1. The van der Waals surface area contributed by atoms with Gasteiger partial charge in [-0.2, -0.15) is 0 Å². The molecule has 5 N–H and O–H groups in total. The molecule has 7 fully saturated rings. The maximum atomic E-state index is 14.0. The van der Waals surface area contributed by atoms with Crippen LogP contribution in [0, 0.1) is 73.4 Å². The summed E-state index contributed by atoms with van der Waals surface area (Å²) in [5, 5.41) is 53.3. The molecule has 0 aromatic heterocycles. The first-order valence-electron chi connectivity index (χ1n) is 21.1. The predicted octanol–water partition coefficient (Wildman–Crippen LogP) is 5.97. The molecule has 0 amide bonds. The van der Waals surface area contributed by atoms with Crippen LogP contribution in [-0.2, 0) is 23.8 Å². The number of rotatable bonds is 6. The van der Waals surface area contributed by atoms with Crippen LogP contribution in [-0.4, -0.2) is 88.0 Å². The van der Waals surface area contributed by atoms with Crippen molar-refractivity contribution < 1.29 is 49.3 Å². The van der Waals surface area contributed by atoms with E-state index in [0.717, 1.165) is 64.2 Å². The standard InChI is InChI=1S/C44H64O10/c1-38(2)27-10-14-41(5)34-24(18-28-40(41,4)15-16-44(37(50)51)25(21-52-6)20-39(3)11-8-12-42(28,44)22-39)17-23-9-7-13-43(27,34)26(23)19-29(38)53-36-32(47)30(45)31(46)33(54-36)35(48)49/h8,12,18,23-27,29-34,36,45-47H,7,9-11,13-17,19-22H2,1-6H3,(H,48,49)(H,50,51)/t23-,24-,25+,26-,27+,29+,30+,31+,32-,33+,34+,36-,39+,40-,41-,42+,43-,44+/m1/s1. The number of carbonyl (C=O) groups is 2. The number of methoxy groups -OCH3 is 1. The summed E-state index contributed by atoms with van der Waals surface area (Å²) in [6.45, 7) is 12.6. The minimum Gasteiger partial charge on any atom is -0.481 e. The molecule has 8 aliphatic carbocycles. The van der Waals surface area contributed by atoms with Gasteiger partial charge in [-0.25, -0.2) is 4.79 Å². The van der Waals surface area contributed by atoms with E-state index in [1.165, 1.54) is 12.0 Å². The van der Waals surface area contributed by atoms with Crippen molar-refractivity contribution in [2.45, 2.75) is 148 Å². The Bertz CT molecular complexity index is 1660. The van der Waals surface area contributed by atoms with E-state index in [1.807, 2.05) is 0 Å². The predicted molar refractivity (Wildman–Crippen MR) is 198 cm³/mol. The number of aliphatic carboxylic acids is 2. The number of allylic oxidation sites excluding steroid dienone is 4. The van der Waals surface area contributed by atoms with Crippen molar-refractivity contribution in [3.05, 3.63) is 23.8 Å². The van der Waals surface area contributed by atoms with Crippen molar-refractivity contribution in [1.29, 1.82) is 0 Å². The lowest BCUT2D eigenvalue weighted by Crippen LogP contribution is -2.74. The summed E-state index contributed by atoms with van der Waals surface area (Å²) in [7, 11) is 1.73. The Kier molecular flexibility index (Phi) is 8.30. The van der Waals surface area contributed by atoms with E-state index in [1.54, 1.807) is 7.11 Å². The minimum absolute atomic E-state index is 0.0227. The summed E-state index contributed by atoms with van der Waals surface area (Å²) < 4.78 is 18.2. The summed E-state index contributed by atoms with van der Waals surface area (Å²) in [6.07, 6.45) is 10.6. The number of hydrogen-bond acceptors (Lipinski definition) is 8. The van der Waals surface area contributed by atoms with Gasteiger partial charge in [0.1, 0.15) is 18.3 Å². The van der Waals surface area contributed by atoms with Gasteiger partial charge in [0.25, 0.3) is 0 Å². The Balaban J connectivity index is 1.14. The van der Waals surface area contributed by atoms with Gasteiger partial charge in [0.15, 0.2) is 12.4 Å². The van der Waals surface area contributed by atoms with Crippen molar-refractivity contribution in [3.63, 3.8) is 0 Å². The van der Waals surface area contributed by atoms with Crippen LogP contribution in [0.15, 0.2) is 23.8 Å². The van der Waals surface area contributed by atoms with Crippen LogP contribution in [0.1, 0.15) is 112 Å². The largest absolute Gasteiger partial charge is 0.481 e.